The van der Waals surface area contributed by atoms with E-state index in [2.05, 4.69) is 473 Å². The number of aromatic nitrogens is 6. The van der Waals surface area contributed by atoms with Crippen LogP contribution in [0.4, 0.5) is 0 Å². The summed E-state index contributed by atoms with van der Waals surface area (Å²) in [5.41, 5.74) is 33.6. The largest absolute Gasteiger partial charge is 0.208 e. The van der Waals surface area contributed by atoms with Crippen LogP contribution in [0, 0.1) is 0 Å². The maximum Gasteiger partial charge on any atom is 0.164 e. The summed E-state index contributed by atoms with van der Waals surface area (Å²) in [5.74, 6) is 3.74. The van der Waals surface area contributed by atoms with Gasteiger partial charge in [-0.2, -0.15) is 0 Å². The van der Waals surface area contributed by atoms with Crippen LogP contribution >= 0.6 is 22.7 Å². The van der Waals surface area contributed by atoms with Crippen molar-refractivity contribution >= 4 is 63.0 Å². The average molecular weight is 1770 g/mol. The smallest absolute Gasteiger partial charge is 0.164 e. The average Bonchev–Trinajstić information content (AvgIpc) is 1.54. The molecule has 8 heteroatoms. The Balaban J connectivity index is 0.000000145. The summed E-state index contributed by atoms with van der Waals surface area (Å²) >= 11 is 3.69. The van der Waals surface area contributed by atoms with Crippen LogP contribution in [-0.2, 0) is 10.8 Å². The number of hydrogen-bond donors (Lipinski definition) is 0. The standard InChI is InChI=1S/2C64H41N3S/c1-4-17-42(18-5-1)44-31-33-45(34-32-44)61-65-62(48-22-16-21-46(39-48)43-19-6-2-7-20-43)67-63(66-61)54-28-11-10-25-51(54)47-35-37-59-55(40-47)56-41-50(36-38-60(56)68-59)64(49-23-8-3-9-24-49)57-29-14-12-26-52(57)53-27-13-15-30-58(53)64;1-4-17-42(18-5-1)44-31-35-46(36-32-44)61-65-62(47-37-33-45(34-38-47)43-19-6-2-7-20-43)67-63(66-61)54-26-11-10-23-50(54)53-27-16-30-59-60(53)55-41-49(39-40-58(55)68-59)64(48-21-8-3-9-22-48)56-28-14-12-24-51(56)52-25-13-15-29-57(52)64/h2*1-41H. The molecule has 20 aromatic carbocycles. The predicted octanol–water partition coefficient (Wildman–Crippen LogP) is 33.2. The van der Waals surface area contributed by atoms with Crippen LogP contribution in [0.1, 0.15) is 44.5 Å². The summed E-state index contributed by atoms with van der Waals surface area (Å²) in [5, 5.41) is 4.95. The zero-order valence-electron chi connectivity index (χ0n) is 73.8. The lowest BCUT2D eigenvalue weighted by molar-refractivity contribution is 0.770. The fraction of sp³-hybridized carbons (Fsp3) is 0.0156. The quantitative estimate of drug-likeness (QED) is 0.0959. The zero-order chi connectivity index (χ0) is 90.0. The van der Waals surface area contributed by atoms with Gasteiger partial charge < -0.3 is 0 Å². The molecule has 2 aliphatic carbocycles. The minimum atomic E-state index is -0.500. The van der Waals surface area contributed by atoms with Crippen LogP contribution in [0.15, 0.2) is 497 Å². The molecule has 0 radical (unpaired) electrons. The van der Waals surface area contributed by atoms with Crippen molar-refractivity contribution in [2.24, 2.45) is 0 Å². The van der Waals surface area contributed by atoms with Crippen molar-refractivity contribution < 1.29 is 0 Å². The van der Waals surface area contributed by atoms with Crippen LogP contribution in [0.25, 0.3) is 198 Å². The molecule has 2 aliphatic rings. The van der Waals surface area contributed by atoms with Gasteiger partial charge in [-0.15, -0.1) is 22.7 Å². The van der Waals surface area contributed by atoms with Crippen LogP contribution in [0.3, 0.4) is 0 Å². The molecule has 4 aromatic heterocycles. The van der Waals surface area contributed by atoms with Crippen molar-refractivity contribution in [3.05, 3.63) is 542 Å². The fourth-order valence-corrected chi connectivity index (χ4v) is 23.2. The van der Waals surface area contributed by atoms with E-state index in [4.69, 9.17) is 29.9 Å². The van der Waals surface area contributed by atoms with Gasteiger partial charge >= 0.3 is 0 Å². The molecule has 136 heavy (non-hydrogen) atoms. The maximum absolute atomic E-state index is 5.32. The summed E-state index contributed by atoms with van der Waals surface area (Å²) in [7, 11) is 0. The minimum Gasteiger partial charge on any atom is -0.208 e. The van der Waals surface area contributed by atoms with Gasteiger partial charge in [0.05, 0.1) is 10.8 Å². The second kappa shape index (κ2) is 34.2. The lowest BCUT2D eigenvalue weighted by Gasteiger charge is -2.34. The summed E-state index contributed by atoms with van der Waals surface area (Å²) < 4.78 is 5.00. The lowest BCUT2D eigenvalue weighted by Crippen LogP contribution is -2.28. The summed E-state index contributed by atoms with van der Waals surface area (Å²) in [6.45, 7) is 0. The third-order valence-electron chi connectivity index (χ3n) is 27.3. The first kappa shape index (κ1) is 80.9. The first-order valence-corrected chi connectivity index (χ1v) is 47.8. The third kappa shape index (κ3) is 14.1. The summed E-state index contributed by atoms with van der Waals surface area (Å²) in [4.78, 5) is 31.6. The number of thiophene rings is 2. The molecule has 24 aromatic rings. The van der Waals surface area contributed by atoms with Crippen LogP contribution < -0.4 is 0 Å². The van der Waals surface area contributed by atoms with Gasteiger partial charge in [0.15, 0.2) is 34.9 Å². The molecule has 6 nitrogen and oxygen atoms in total. The van der Waals surface area contributed by atoms with Crippen molar-refractivity contribution in [3.8, 4) is 157 Å². The topological polar surface area (TPSA) is 77.3 Å². The zero-order valence-corrected chi connectivity index (χ0v) is 75.5. The minimum absolute atomic E-state index is 0.475. The molecule has 0 spiro atoms. The van der Waals surface area contributed by atoms with Gasteiger partial charge in [0.2, 0.25) is 0 Å². The highest BCUT2D eigenvalue weighted by molar-refractivity contribution is 7.26. The van der Waals surface area contributed by atoms with E-state index in [1.807, 2.05) is 46.9 Å². The van der Waals surface area contributed by atoms with Gasteiger partial charge in [-0.05, 0) is 182 Å². The highest BCUT2D eigenvalue weighted by Gasteiger charge is 2.48. The van der Waals surface area contributed by atoms with E-state index in [9.17, 15) is 0 Å². The maximum atomic E-state index is 5.32. The highest BCUT2D eigenvalue weighted by Crippen LogP contribution is 2.60. The van der Waals surface area contributed by atoms with Crippen LogP contribution in [0.2, 0.25) is 0 Å². The van der Waals surface area contributed by atoms with Gasteiger partial charge in [0.1, 0.15) is 0 Å². The van der Waals surface area contributed by atoms with E-state index in [-0.39, 0.29) is 0 Å². The van der Waals surface area contributed by atoms with E-state index in [0.29, 0.717) is 34.9 Å². The first-order valence-electron chi connectivity index (χ1n) is 46.2. The molecule has 0 fully saturated rings. The number of rotatable bonds is 16. The van der Waals surface area contributed by atoms with Crippen LogP contribution in [0.5, 0.6) is 0 Å². The number of fused-ring (bicyclic) bond motifs is 12. The molecule has 26 rings (SSSR count). The second-order valence-corrected chi connectivity index (χ2v) is 37.1. The molecule has 0 aliphatic heterocycles. The Morgan fingerprint density at radius 3 is 0.846 bits per heavy atom. The molecular weight excluding hydrogens is 1690 g/mol. The Hall–Kier alpha value is -17.1. The molecule has 0 N–H and O–H groups in total. The van der Waals surface area contributed by atoms with Gasteiger partial charge in [-0.25, -0.2) is 29.9 Å². The van der Waals surface area contributed by atoms with Gasteiger partial charge in [0.25, 0.3) is 0 Å². The molecule has 0 saturated heterocycles. The van der Waals surface area contributed by atoms with Crippen molar-refractivity contribution in [2.45, 2.75) is 10.8 Å². The number of benzene rings is 20. The molecule has 636 valence electrons. The van der Waals surface area contributed by atoms with Crippen molar-refractivity contribution in [2.75, 3.05) is 0 Å². The first-order chi connectivity index (χ1) is 67.4. The molecular formula is C128H82N6S2. The molecule has 0 saturated carbocycles. The van der Waals surface area contributed by atoms with Crippen molar-refractivity contribution in [3.63, 3.8) is 0 Å². The van der Waals surface area contributed by atoms with Gasteiger partial charge in [-0.1, -0.05) is 449 Å². The monoisotopic (exact) mass is 1770 g/mol. The SMILES string of the molecule is c1ccc(-c2ccc(-c3nc(-c4ccc(-c5ccccc5)cc4)nc(-c4ccccc4-c4cccc5sc6ccc(C7(c8ccccc8)c8ccccc8-c8ccccc87)cc6c45)n3)cc2)cc1.c1ccc(-c2ccc(-c3nc(-c4cccc(-c5ccccc5)c4)nc(-c4ccccc4-c4ccc5sc6ccc(C7(c8ccccc8)c8ccccc8-c8ccccc87)cc6c5c4)n3)cc2)cc1. The Bertz CT molecular complexity index is 8490. The molecule has 0 bridgehead atoms. The van der Waals surface area contributed by atoms with Crippen LogP contribution in [-0.4, -0.2) is 29.9 Å². The van der Waals surface area contributed by atoms with E-state index < -0.39 is 10.8 Å². The second-order valence-electron chi connectivity index (χ2n) is 34.9. The van der Waals surface area contributed by atoms with E-state index in [1.165, 1.54) is 124 Å². The van der Waals surface area contributed by atoms with E-state index in [1.54, 1.807) is 0 Å². The van der Waals surface area contributed by atoms with Crippen molar-refractivity contribution in [1.29, 1.82) is 0 Å². The van der Waals surface area contributed by atoms with E-state index >= 15 is 0 Å². The number of hydrogen-bond acceptors (Lipinski definition) is 8. The highest BCUT2D eigenvalue weighted by atomic mass is 32.1. The third-order valence-corrected chi connectivity index (χ3v) is 29.6. The normalized spacial score (nSPS) is 12.5. The Morgan fingerprint density at radius 1 is 0.140 bits per heavy atom. The molecule has 4 heterocycles. The van der Waals surface area contributed by atoms with Crippen molar-refractivity contribution in [1.82, 2.24) is 29.9 Å². The fourth-order valence-electron chi connectivity index (χ4n) is 21.0. The molecule has 0 unspecified atom stereocenters. The lowest BCUT2D eigenvalue weighted by atomic mass is 9.67. The van der Waals surface area contributed by atoms with Gasteiger partial charge in [-0.3, -0.25) is 0 Å². The van der Waals surface area contributed by atoms with Gasteiger partial charge in [0, 0.05) is 73.7 Å². The predicted molar refractivity (Wildman–Crippen MR) is 565 cm³/mol. The number of nitrogens with zero attached hydrogens (tertiary/aromatic N) is 6. The molecule has 0 amide bonds. The molecule has 0 atom stereocenters. The Morgan fingerprint density at radius 2 is 0.412 bits per heavy atom. The summed E-state index contributed by atoms with van der Waals surface area (Å²) in [6, 6.07) is 179. The van der Waals surface area contributed by atoms with E-state index in [0.717, 1.165) is 83.5 Å². The Labute approximate surface area is 797 Å². The summed E-state index contributed by atoms with van der Waals surface area (Å²) in [6.07, 6.45) is 0. The Kier molecular flexibility index (Phi) is 20.4.